The summed E-state index contributed by atoms with van der Waals surface area (Å²) in [5.41, 5.74) is 2.17. The SMILES string of the molecule is ON=C1CCC(OCC2Cc3ccccc3O2)CC1. The maximum atomic E-state index is 8.71. The first kappa shape index (κ1) is 12.5. The second kappa shape index (κ2) is 5.61. The molecule has 1 aliphatic carbocycles. The Morgan fingerprint density at radius 1 is 1.26 bits per heavy atom. The Labute approximate surface area is 113 Å². The lowest BCUT2D eigenvalue weighted by molar-refractivity contribution is -0.00232. The molecule has 1 aromatic carbocycles. The van der Waals surface area contributed by atoms with E-state index in [0.717, 1.165) is 43.6 Å². The summed E-state index contributed by atoms with van der Waals surface area (Å²) in [5, 5.41) is 12.0. The van der Waals surface area contributed by atoms with Crippen molar-refractivity contribution < 1.29 is 14.7 Å². The molecule has 4 nitrogen and oxygen atoms in total. The van der Waals surface area contributed by atoms with E-state index in [1.54, 1.807) is 0 Å². The fraction of sp³-hybridized carbons (Fsp3) is 0.533. The first-order valence-corrected chi connectivity index (χ1v) is 6.91. The summed E-state index contributed by atoms with van der Waals surface area (Å²) in [5.74, 6) is 0.995. The maximum absolute atomic E-state index is 8.71. The van der Waals surface area contributed by atoms with Crippen molar-refractivity contribution in [2.24, 2.45) is 5.16 Å². The van der Waals surface area contributed by atoms with Crippen molar-refractivity contribution in [3.05, 3.63) is 29.8 Å². The van der Waals surface area contributed by atoms with E-state index in [0.29, 0.717) is 6.61 Å². The van der Waals surface area contributed by atoms with E-state index in [2.05, 4.69) is 11.2 Å². The predicted octanol–water partition coefficient (Wildman–Crippen LogP) is 2.78. The van der Waals surface area contributed by atoms with Gasteiger partial charge in [-0.2, -0.15) is 0 Å². The molecule has 0 saturated heterocycles. The number of para-hydroxylation sites is 1. The Morgan fingerprint density at radius 3 is 2.79 bits per heavy atom. The molecule has 1 atom stereocenters. The van der Waals surface area contributed by atoms with Gasteiger partial charge in [-0.3, -0.25) is 0 Å². The predicted molar refractivity (Wildman–Crippen MR) is 72.0 cm³/mol. The van der Waals surface area contributed by atoms with E-state index in [1.165, 1.54) is 5.56 Å². The molecule has 1 aliphatic heterocycles. The van der Waals surface area contributed by atoms with E-state index in [4.69, 9.17) is 14.7 Å². The Kier molecular flexibility index (Phi) is 3.69. The van der Waals surface area contributed by atoms with Gasteiger partial charge in [0.15, 0.2) is 0 Å². The minimum Gasteiger partial charge on any atom is -0.487 e. The number of rotatable bonds is 3. The highest BCUT2D eigenvalue weighted by Crippen LogP contribution is 2.29. The summed E-state index contributed by atoms with van der Waals surface area (Å²) in [6.07, 6.45) is 4.92. The van der Waals surface area contributed by atoms with Crippen LogP contribution in [0.2, 0.25) is 0 Å². The molecule has 0 amide bonds. The number of oxime groups is 1. The third-order valence-corrected chi connectivity index (χ3v) is 3.88. The lowest BCUT2D eigenvalue weighted by Crippen LogP contribution is -2.28. The molecule has 102 valence electrons. The lowest BCUT2D eigenvalue weighted by atomic mass is 9.96. The molecule has 1 heterocycles. The smallest absolute Gasteiger partial charge is 0.126 e. The van der Waals surface area contributed by atoms with Crippen molar-refractivity contribution in [1.82, 2.24) is 0 Å². The number of benzene rings is 1. The molecule has 2 aliphatic rings. The zero-order valence-corrected chi connectivity index (χ0v) is 10.9. The maximum Gasteiger partial charge on any atom is 0.126 e. The van der Waals surface area contributed by atoms with Gasteiger partial charge in [0.25, 0.3) is 0 Å². The van der Waals surface area contributed by atoms with Crippen LogP contribution in [0.3, 0.4) is 0 Å². The minimum absolute atomic E-state index is 0.144. The Balaban J connectivity index is 1.45. The van der Waals surface area contributed by atoms with E-state index < -0.39 is 0 Å². The Morgan fingerprint density at radius 2 is 2.05 bits per heavy atom. The molecule has 1 saturated carbocycles. The fourth-order valence-corrected chi connectivity index (χ4v) is 2.78. The van der Waals surface area contributed by atoms with Gasteiger partial charge in [0.2, 0.25) is 0 Å². The van der Waals surface area contributed by atoms with Gasteiger partial charge in [0.1, 0.15) is 11.9 Å². The standard InChI is InChI=1S/C15H19NO3/c17-16-12-5-7-13(8-6-12)18-10-14-9-11-3-1-2-4-15(11)19-14/h1-4,13-14,17H,5-10H2. The van der Waals surface area contributed by atoms with Crippen LogP contribution in [0, 0.1) is 0 Å². The van der Waals surface area contributed by atoms with E-state index >= 15 is 0 Å². The molecule has 0 bridgehead atoms. The highest BCUT2D eigenvalue weighted by molar-refractivity contribution is 5.84. The van der Waals surface area contributed by atoms with Crippen molar-refractivity contribution >= 4 is 5.71 Å². The van der Waals surface area contributed by atoms with Gasteiger partial charge in [0.05, 0.1) is 18.4 Å². The van der Waals surface area contributed by atoms with Crippen LogP contribution in [0.1, 0.15) is 31.2 Å². The van der Waals surface area contributed by atoms with Crippen LogP contribution in [-0.4, -0.2) is 29.7 Å². The lowest BCUT2D eigenvalue weighted by Gasteiger charge is -2.24. The van der Waals surface area contributed by atoms with Gasteiger partial charge in [0, 0.05) is 6.42 Å². The summed E-state index contributed by atoms with van der Waals surface area (Å²) in [6.45, 7) is 0.644. The van der Waals surface area contributed by atoms with Crippen molar-refractivity contribution in [2.45, 2.75) is 44.3 Å². The number of hydrogen-bond acceptors (Lipinski definition) is 4. The quantitative estimate of drug-likeness (QED) is 0.672. The summed E-state index contributed by atoms with van der Waals surface area (Å²) < 4.78 is 11.8. The van der Waals surface area contributed by atoms with Crippen LogP contribution in [0.5, 0.6) is 5.75 Å². The third kappa shape index (κ3) is 2.89. The summed E-state index contributed by atoms with van der Waals surface area (Å²) in [4.78, 5) is 0. The number of ether oxygens (including phenoxy) is 2. The average molecular weight is 261 g/mol. The molecule has 0 radical (unpaired) electrons. The second-order valence-electron chi connectivity index (χ2n) is 5.25. The summed E-state index contributed by atoms with van der Waals surface area (Å²) >= 11 is 0. The minimum atomic E-state index is 0.144. The molecule has 4 heteroatoms. The third-order valence-electron chi connectivity index (χ3n) is 3.88. The van der Waals surface area contributed by atoms with Crippen LogP contribution in [0.25, 0.3) is 0 Å². The number of nitrogens with zero attached hydrogens (tertiary/aromatic N) is 1. The van der Waals surface area contributed by atoms with Crippen LogP contribution in [0.4, 0.5) is 0 Å². The molecule has 0 spiro atoms. The highest BCUT2D eigenvalue weighted by atomic mass is 16.5. The molecule has 1 N–H and O–H groups in total. The first-order valence-electron chi connectivity index (χ1n) is 6.91. The van der Waals surface area contributed by atoms with Crippen molar-refractivity contribution in [3.8, 4) is 5.75 Å². The van der Waals surface area contributed by atoms with Gasteiger partial charge >= 0.3 is 0 Å². The largest absolute Gasteiger partial charge is 0.487 e. The van der Waals surface area contributed by atoms with Crippen molar-refractivity contribution in [1.29, 1.82) is 0 Å². The van der Waals surface area contributed by atoms with Gasteiger partial charge in [-0.05, 0) is 37.3 Å². The first-order chi connectivity index (χ1) is 9.35. The topological polar surface area (TPSA) is 51.1 Å². The number of fused-ring (bicyclic) bond motifs is 1. The van der Waals surface area contributed by atoms with Gasteiger partial charge in [-0.15, -0.1) is 0 Å². The van der Waals surface area contributed by atoms with Crippen LogP contribution in [0.15, 0.2) is 29.4 Å². The molecule has 3 rings (SSSR count). The van der Waals surface area contributed by atoms with E-state index in [-0.39, 0.29) is 12.2 Å². The van der Waals surface area contributed by atoms with Gasteiger partial charge < -0.3 is 14.7 Å². The van der Waals surface area contributed by atoms with Crippen LogP contribution < -0.4 is 4.74 Å². The molecular weight excluding hydrogens is 242 g/mol. The monoisotopic (exact) mass is 261 g/mol. The summed E-state index contributed by atoms with van der Waals surface area (Å²) in [7, 11) is 0. The fourth-order valence-electron chi connectivity index (χ4n) is 2.78. The highest BCUT2D eigenvalue weighted by Gasteiger charge is 2.25. The molecule has 19 heavy (non-hydrogen) atoms. The van der Waals surface area contributed by atoms with E-state index in [1.807, 2.05) is 18.2 Å². The summed E-state index contributed by atoms with van der Waals surface area (Å²) in [6, 6.07) is 8.17. The zero-order valence-electron chi connectivity index (χ0n) is 10.9. The molecular formula is C15H19NO3. The molecule has 1 fully saturated rings. The Bertz CT molecular complexity index is 437. The van der Waals surface area contributed by atoms with Gasteiger partial charge in [-0.25, -0.2) is 0 Å². The molecule has 1 aromatic rings. The van der Waals surface area contributed by atoms with Crippen LogP contribution in [-0.2, 0) is 11.2 Å². The molecule has 0 aromatic heterocycles. The van der Waals surface area contributed by atoms with Crippen molar-refractivity contribution in [3.63, 3.8) is 0 Å². The van der Waals surface area contributed by atoms with E-state index in [9.17, 15) is 0 Å². The van der Waals surface area contributed by atoms with Crippen molar-refractivity contribution in [2.75, 3.05) is 6.61 Å². The number of hydrogen-bond donors (Lipinski definition) is 1. The van der Waals surface area contributed by atoms with Gasteiger partial charge in [-0.1, -0.05) is 23.4 Å². The normalized spacial score (nSPS) is 25.8. The van der Waals surface area contributed by atoms with Crippen LogP contribution >= 0.6 is 0 Å². The average Bonchev–Trinajstić information content (AvgIpc) is 2.88. The molecule has 1 unspecified atom stereocenters. The zero-order chi connectivity index (χ0) is 13.1. The Hall–Kier alpha value is -1.55. The second-order valence-corrected chi connectivity index (χ2v) is 5.25.